The maximum Gasteiger partial charge on any atom is 0.336 e. The normalized spacial score (nSPS) is 14.0. The van der Waals surface area contributed by atoms with E-state index in [0.717, 1.165) is 5.56 Å². The molecule has 0 spiro atoms. The molecule has 4 aromatic carbocycles. The van der Waals surface area contributed by atoms with Crippen molar-refractivity contribution in [2.45, 2.75) is 12.5 Å². The number of nitrogens with zero attached hydrogens (tertiary/aromatic N) is 1. The van der Waals surface area contributed by atoms with Crippen molar-refractivity contribution < 1.29 is 23.7 Å². The Morgan fingerprint density at radius 3 is 2.41 bits per heavy atom. The van der Waals surface area contributed by atoms with Crippen LogP contribution in [-0.4, -0.2) is 13.1 Å². The molecular formula is C33H22Cl4N2O5. The van der Waals surface area contributed by atoms with Gasteiger partial charge in [-0.05, 0) is 59.7 Å². The van der Waals surface area contributed by atoms with Crippen LogP contribution in [-0.2, 0) is 11.4 Å². The molecule has 0 saturated carbocycles. The van der Waals surface area contributed by atoms with Crippen LogP contribution >= 0.6 is 46.4 Å². The average molecular weight is 668 g/mol. The van der Waals surface area contributed by atoms with Crippen LogP contribution < -0.4 is 24.7 Å². The van der Waals surface area contributed by atoms with Crippen molar-refractivity contribution in [1.82, 2.24) is 0 Å². The number of carbonyl (C=O) groups is 1. The van der Waals surface area contributed by atoms with Crippen molar-refractivity contribution in [3.05, 3.63) is 133 Å². The highest BCUT2D eigenvalue weighted by atomic mass is 35.5. The number of nitriles is 1. The summed E-state index contributed by atoms with van der Waals surface area (Å²) >= 11 is 24.4. The molecule has 0 bridgehead atoms. The molecule has 0 fully saturated rings. The number of nitrogens with two attached hydrogens (primary N) is 1. The van der Waals surface area contributed by atoms with Crippen LogP contribution in [0, 0.1) is 11.3 Å². The van der Waals surface area contributed by atoms with Crippen molar-refractivity contribution in [3.63, 3.8) is 0 Å². The van der Waals surface area contributed by atoms with E-state index >= 15 is 0 Å². The number of ether oxygens (including phenoxy) is 4. The summed E-state index contributed by atoms with van der Waals surface area (Å²) in [4.78, 5) is 12.5. The molecule has 5 rings (SSSR count). The van der Waals surface area contributed by atoms with Crippen LogP contribution in [0.3, 0.4) is 0 Å². The molecule has 1 atom stereocenters. The number of hydrogen-bond acceptors (Lipinski definition) is 7. The van der Waals surface area contributed by atoms with Crippen molar-refractivity contribution >= 4 is 58.4 Å². The standard InChI is InChI=1S/C33H22Cl4N2O5/c1-41-30-12-19(4-10-28(30)42-17-20-3-7-22(35)14-27(20)37)32-24-9-8-23(15-29(24)44-33(39)25(32)16-38)43-31(40)11-5-18-2-6-21(34)13-26(18)36/h2-15,32H,17,39H2,1H3/b11-5+. The van der Waals surface area contributed by atoms with Gasteiger partial charge in [0, 0.05) is 43.4 Å². The first-order valence-corrected chi connectivity index (χ1v) is 14.5. The Balaban J connectivity index is 1.38. The molecule has 11 heteroatoms. The lowest BCUT2D eigenvalue weighted by Gasteiger charge is -2.27. The Morgan fingerprint density at radius 2 is 1.70 bits per heavy atom. The lowest BCUT2D eigenvalue weighted by atomic mass is 9.83. The van der Waals surface area contributed by atoms with Crippen molar-refractivity contribution in [3.8, 4) is 29.1 Å². The fraction of sp³-hybridized carbons (Fsp3) is 0.0909. The third-order valence-electron chi connectivity index (χ3n) is 6.69. The predicted molar refractivity (Wildman–Crippen MR) is 171 cm³/mol. The van der Waals surface area contributed by atoms with Crippen LogP contribution in [0.5, 0.6) is 23.0 Å². The molecule has 1 aliphatic heterocycles. The summed E-state index contributed by atoms with van der Waals surface area (Å²) in [6.45, 7) is 0.186. The Hall–Kier alpha value is -4.32. The Bertz CT molecular complexity index is 1870. The molecule has 222 valence electrons. The summed E-state index contributed by atoms with van der Waals surface area (Å²) in [7, 11) is 1.52. The third-order valence-corrected chi connectivity index (χ3v) is 7.84. The van der Waals surface area contributed by atoms with E-state index in [4.69, 9.17) is 71.1 Å². The maximum atomic E-state index is 12.5. The highest BCUT2D eigenvalue weighted by Gasteiger charge is 2.31. The molecule has 2 N–H and O–H groups in total. The summed E-state index contributed by atoms with van der Waals surface area (Å²) in [6.07, 6.45) is 2.77. The summed E-state index contributed by atoms with van der Waals surface area (Å²) in [5.74, 6) is 0.170. The molecular weight excluding hydrogens is 646 g/mol. The number of halogens is 4. The molecule has 1 aliphatic rings. The second-order valence-electron chi connectivity index (χ2n) is 9.48. The third kappa shape index (κ3) is 6.91. The Morgan fingerprint density at radius 1 is 0.955 bits per heavy atom. The van der Waals surface area contributed by atoms with Crippen LogP contribution in [0.2, 0.25) is 20.1 Å². The highest BCUT2D eigenvalue weighted by molar-refractivity contribution is 6.35. The number of esters is 1. The average Bonchev–Trinajstić information content (AvgIpc) is 2.99. The number of methoxy groups -OCH3 is 1. The molecule has 0 saturated heterocycles. The number of allylic oxidation sites excluding steroid dienone is 1. The zero-order valence-corrected chi connectivity index (χ0v) is 26.0. The van der Waals surface area contributed by atoms with Crippen LogP contribution in [0.15, 0.2) is 90.3 Å². The first kappa shape index (κ1) is 31.1. The summed E-state index contributed by atoms with van der Waals surface area (Å²) < 4.78 is 22.8. The van der Waals surface area contributed by atoms with Gasteiger partial charge in [-0.15, -0.1) is 0 Å². The molecule has 1 heterocycles. The van der Waals surface area contributed by atoms with Gasteiger partial charge in [0.05, 0.1) is 13.0 Å². The molecule has 0 amide bonds. The zero-order chi connectivity index (χ0) is 31.4. The summed E-state index contributed by atoms with van der Waals surface area (Å²) in [5.41, 5.74) is 9.09. The van der Waals surface area contributed by atoms with Gasteiger partial charge in [-0.25, -0.2) is 4.79 Å². The Labute approximate surface area is 273 Å². The fourth-order valence-electron chi connectivity index (χ4n) is 4.56. The van der Waals surface area contributed by atoms with Gasteiger partial charge in [0.1, 0.15) is 29.7 Å². The van der Waals surface area contributed by atoms with Crippen molar-refractivity contribution in [2.24, 2.45) is 5.73 Å². The Kier molecular flexibility index (Phi) is 9.58. The molecule has 0 radical (unpaired) electrons. The van der Waals surface area contributed by atoms with Crippen LogP contribution in [0.4, 0.5) is 0 Å². The van der Waals surface area contributed by atoms with Gasteiger partial charge in [-0.3, -0.25) is 0 Å². The number of rotatable bonds is 8. The van der Waals surface area contributed by atoms with Gasteiger partial charge in [-0.1, -0.05) is 70.7 Å². The van der Waals surface area contributed by atoms with Gasteiger partial charge < -0.3 is 24.7 Å². The van der Waals surface area contributed by atoms with Gasteiger partial charge in [0.15, 0.2) is 11.5 Å². The molecule has 4 aromatic rings. The number of benzene rings is 4. The van der Waals surface area contributed by atoms with Gasteiger partial charge in [0.25, 0.3) is 0 Å². The first-order chi connectivity index (χ1) is 21.2. The number of carbonyl (C=O) groups excluding carboxylic acids is 1. The van der Waals surface area contributed by atoms with Gasteiger partial charge in [-0.2, -0.15) is 5.26 Å². The second-order valence-corrected chi connectivity index (χ2v) is 11.2. The van der Waals surface area contributed by atoms with Crippen molar-refractivity contribution in [1.29, 1.82) is 5.26 Å². The van der Waals surface area contributed by atoms with E-state index in [2.05, 4.69) is 6.07 Å². The maximum absolute atomic E-state index is 12.5. The van der Waals surface area contributed by atoms with E-state index in [1.807, 2.05) is 6.07 Å². The SMILES string of the molecule is COc1cc(C2C(C#N)=C(N)Oc3cc(OC(=O)/C=C/c4ccc(Cl)cc4Cl)ccc32)ccc1OCc1ccc(Cl)cc1Cl. The minimum atomic E-state index is -0.634. The molecule has 1 unspecified atom stereocenters. The largest absolute Gasteiger partial charge is 0.493 e. The van der Waals surface area contributed by atoms with E-state index in [0.29, 0.717) is 54.0 Å². The van der Waals surface area contributed by atoms with E-state index in [-0.39, 0.29) is 23.8 Å². The topological polar surface area (TPSA) is 104 Å². The first-order valence-electron chi connectivity index (χ1n) is 13.0. The molecule has 7 nitrogen and oxygen atoms in total. The van der Waals surface area contributed by atoms with Gasteiger partial charge >= 0.3 is 5.97 Å². The van der Waals surface area contributed by atoms with Crippen LogP contribution in [0.25, 0.3) is 6.08 Å². The zero-order valence-electron chi connectivity index (χ0n) is 22.9. The van der Waals surface area contributed by atoms with Crippen molar-refractivity contribution in [2.75, 3.05) is 7.11 Å². The summed E-state index contributed by atoms with van der Waals surface area (Å²) in [5, 5.41) is 11.9. The predicted octanol–water partition coefficient (Wildman–Crippen LogP) is 8.72. The number of hydrogen-bond donors (Lipinski definition) is 1. The second kappa shape index (κ2) is 13.5. The summed E-state index contributed by atoms with van der Waals surface area (Å²) in [6, 6.07) is 22.4. The fourth-order valence-corrected chi connectivity index (χ4v) is 5.50. The van der Waals surface area contributed by atoms with E-state index < -0.39 is 11.9 Å². The smallest absolute Gasteiger partial charge is 0.336 e. The number of fused-ring (bicyclic) bond motifs is 1. The van der Waals surface area contributed by atoms with E-state index in [9.17, 15) is 10.1 Å². The monoisotopic (exact) mass is 666 g/mol. The lowest BCUT2D eigenvalue weighted by molar-refractivity contribution is -0.128. The minimum Gasteiger partial charge on any atom is -0.493 e. The van der Waals surface area contributed by atoms with Gasteiger partial charge in [0.2, 0.25) is 5.88 Å². The van der Waals surface area contributed by atoms with E-state index in [1.165, 1.54) is 25.3 Å². The minimum absolute atomic E-state index is 0.0672. The van der Waals surface area contributed by atoms with Crippen LogP contribution in [0.1, 0.15) is 28.2 Å². The molecule has 0 aliphatic carbocycles. The molecule has 44 heavy (non-hydrogen) atoms. The van der Waals surface area contributed by atoms with E-state index in [1.54, 1.807) is 60.7 Å². The quantitative estimate of drug-likeness (QED) is 0.114. The molecule has 0 aromatic heterocycles. The highest BCUT2D eigenvalue weighted by Crippen LogP contribution is 2.45. The lowest BCUT2D eigenvalue weighted by Crippen LogP contribution is -2.21.